The molecule has 0 aromatic heterocycles. The van der Waals surface area contributed by atoms with Gasteiger partial charge in [-0.3, -0.25) is 18.7 Å². The Hall–Kier alpha value is -3.20. The smallest absolute Gasteiger partial charge is 0.245 e. The summed E-state index contributed by atoms with van der Waals surface area (Å²) in [6.07, 6.45) is 2.36. The lowest BCUT2D eigenvalue weighted by Crippen LogP contribution is -2.37. The third-order valence-electron chi connectivity index (χ3n) is 5.07. The molecular formula is C22H25N3O5S. The number of ketones is 1. The summed E-state index contributed by atoms with van der Waals surface area (Å²) >= 11 is 0. The molecule has 0 unspecified atom stereocenters. The highest BCUT2D eigenvalue weighted by atomic mass is 32.2. The average Bonchev–Trinajstić information content (AvgIpc) is 3.11. The Balaban J connectivity index is 1.77. The van der Waals surface area contributed by atoms with Crippen molar-refractivity contribution in [3.8, 4) is 0 Å². The Kier molecular flexibility index (Phi) is 6.45. The molecule has 1 aliphatic rings. The first-order chi connectivity index (χ1) is 14.6. The van der Waals surface area contributed by atoms with E-state index < -0.39 is 22.5 Å². The zero-order chi connectivity index (χ0) is 22.8. The summed E-state index contributed by atoms with van der Waals surface area (Å²) in [5.74, 6) is -0.647. The van der Waals surface area contributed by atoms with Gasteiger partial charge in [0, 0.05) is 29.9 Å². The fourth-order valence-electron chi connectivity index (χ4n) is 3.55. The Morgan fingerprint density at radius 2 is 1.90 bits per heavy atom. The molecule has 31 heavy (non-hydrogen) atoms. The Labute approximate surface area is 181 Å². The zero-order valence-electron chi connectivity index (χ0n) is 17.7. The summed E-state index contributed by atoms with van der Waals surface area (Å²) in [4.78, 5) is 38.0. The zero-order valence-corrected chi connectivity index (χ0v) is 18.5. The van der Waals surface area contributed by atoms with E-state index in [4.69, 9.17) is 0 Å². The molecule has 1 N–H and O–H groups in total. The van der Waals surface area contributed by atoms with Gasteiger partial charge >= 0.3 is 0 Å². The monoisotopic (exact) mass is 443 g/mol. The first-order valence-electron chi connectivity index (χ1n) is 9.86. The number of nitrogens with zero attached hydrogens (tertiary/aromatic N) is 2. The van der Waals surface area contributed by atoms with Gasteiger partial charge in [-0.15, -0.1) is 0 Å². The van der Waals surface area contributed by atoms with Crippen LogP contribution in [-0.2, 0) is 19.6 Å². The van der Waals surface area contributed by atoms with Crippen molar-refractivity contribution >= 4 is 44.7 Å². The third-order valence-corrected chi connectivity index (χ3v) is 6.21. The van der Waals surface area contributed by atoms with Crippen molar-refractivity contribution in [2.45, 2.75) is 26.7 Å². The maximum atomic E-state index is 12.6. The molecule has 0 atom stereocenters. The Morgan fingerprint density at radius 1 is 1.16 bits per heavy atom. The molecule has 2 aromatic rings. The van der Waals surface area contributed by atoms with Crippen LogP contribution in [0, 0.1) is 6.92 Å². The standard InChI is InChI=1S/C22H25N3O5S/c1-15-12-18(9-10-20(15)24-11-5-8-22(24)28)23-21(27)14-25(31(3,29)30)19-7-4-6-17(13-19)16(2)26/h4,6-7,9-10,12-13H,5,8,11,14H2,1-3H3,(H,23,27). The summed E-state index contributed by atoms with van der Waals surface area (Å²) < 4.78 is 25.6. The van der Waals surface area contributed by atoms with Gasteiger partial charge in [-0.05, 0) is 56.2 Å². The highest BCUT2D eigenvalue weighted by Gasteiger charge is 2.24. The van der Waals surface area contributed by atoms with Crippen LogP contribution >= 0.6 is 0 Å². The molecule has 2 amide bonds. The van der Waals surface area contributed by atoms with Crippen LogP contribution in [0.3, 0.4) is 0 Å². The second-order valence-corrected chi connectivity index (χ2v) is 9.48. The number of rotatable bonds is 7. The van der Waals surface area contributed by atoms with Crippen LogP contribution in [0.15, 0.2) is 42.5 Å². The number of nitrogens with one attached hydrogen (secondary N) is 1. The number of anilines is 3. The third kappa shape index (κ3) is 5.29. The SMILES string of the molecule is CC(=O)c1cccc(N(CC(=O)Nc2ccc(N3CCCC3=O)c(C)c2)S(C)(=O)=O)c1. The van der Waals surface area contributed by atoms with E-state index in [0.29, 0.717) is 24.2 Å². The number of sulfonamides is 1. The maximum absolute atomic E-state index is 12.6. The summed E-state index contributed by atoms with van der Waals surface area (Å²) in [6.45, 7) is 3.48. The number of amides is 2. The van der Waals surface area contributed by atoms with Crippen LogP contribution in [0.25, 0.3) is 0 Å². The summed E-state index contributed by atoms with van der Waals surface area (Å²) in [7, 11) is -3.76. The minimum atomic E-state index is -3.76. The van der Waals surface area contributed by atoms with Gasteiger partial charge in [-0.2, -0.15) is 0 Å². The number of hydrogen-bond donors (Lipinski definition) is 1. The molecule has 164 valence electrons. The molecule has 0 saturated carbocycles. The molecule has 9 heteroatoms. The van der Waals surface area contributed by atoms with Crippen molar-refractivity contribution in [3.05, 3.63) is 53.6 Å². The van der Waals surface area contributed by atoms with E-state index in [1.165, 1.54) is 19.1 Å². The summed E-state index contributed by atoms with van der Waals surface area (Å²) in [5, 5.41) is 2.71. The van der Waals surface area contributed by atoms with Crippen molar-refractivity contribution in [1.29, 1.82) is 0 Å². The van der Waals surface area contributed by atoms with E-state index in [0.717, 1.165) is 28.2 Å². The first-order valence-corrected chi connectivity index (χ1v) is 11.7. The van der Waals surface area contributed by atoms with E-state index in [-0.39, 0.29) is 17.4 Å². The van der Waals surface area contributed by atoms with Crippen molar-refractivity contribution < 1.29 is 22.8 Å². The van der Waals surface area contributed by atoms with Crippen LogP contribution in [0.5, 0.6) is 0 Å². The second-order valence-electron chi connectivity index (χ2n) is 7.57. The molecule has 0 spiro atoms. The van der Waals surface area contributed by atoms with Crippen molar-refractivity contribution in [2.75, 3.05) is 33.9 Å². The van der Waals surface area contributed by atoms with Crippen LogP contribution < -0.4 is 14.5 Å². The summed E-state index contributed by atoms with van der Waals surface area (Å²) in [6, 6.07) is 11.4. The lowest BCUT2D eigenvalue weighted by Gasteiger charge is -2.23. The molecule has 0 radical (unpaired) electrons. The largest absolute Gasteiger partial charge is 0.325 e. The van der Waals surface area contributed by atoms with Gasteiger partial charge in [0.25, 0.3) is 0 Å². The molecule has 1 heterocycles. The molecule has 1 saturated heterocycles. The number of benzene rings is 2. The van der Waals surface area contributed by atoms with Crippen LogP contribution in [0.4, 0.5) is 17.1 Å². The van der Waals surface area contributed by atoms with E-state index >= 15 is 0 Å². The normalized spacial score (nSPS) is 13.9. The first kappa shape index (κ1) is 22.5. The average molecular weight is 444 g/mol. The van der Waals surface area contributed by atoms with Gasteiger partial charge in [0.1, 0.15) is 6.54 Å². The van der Waals surface area contributed by atoms with Gasteiger partial charge in [-0.1, -0.05) is 12.1 Å². The highest BCUT2D eigenvalue weighted by Crippen LogP contribution is 2.27. The molecule has 1 aliphatic heterocycles. The van der Waals surface area contributed by atoms with Crippen LogP contribution in [0.2, 0.25) is 0 Å². The number of hydrogen-bond acceptors (Lipinski definition) is 5. The lowest BCUT2D eigenvalue weighted by atomic mass is 10.1. The lowest BCUT2D eigenvalue weighted by molar-refractivity contribution is -0.117. The van der Waals surface area contributed by atoms with Crippen molar-refractivity contribution in [2.24, 2.45) is 0 Å². The van der Waals surface area contributed by atoms with E-state index in [2.05, 4.69) is 5.32 Å². The van der Waals surface area contributed by atoms with Crippen molar-refractivity contribution in [1.82, 2.24) is 0 Å². The van der Waals surface area contributed by atoms with Gasteiger partial charge in [0.05, 0.1) is 11.9 Å². The molecule has 0 bridgehead atoms. The van der Waals surface area contributed by atoms with Crippen LogP contribution in [0.1, 0.15) is 35.7 Å². The molecule has 3 rings (SSSR count). The quantitative estimate of drug-likeness (QED) is 0.663. The second kappa shape index (κ2) is 8.89. The number of aryl methyl sites for hydroxylation is 1. The Bertz CT molecular complexity index is 1140. The maximum Gasteiger partial charge on any atom is 0.245 e. The summed E-state index contributed by atoms with van der Waals surface area (Å²) in [5.41, 5.74) is 2.74. The predicted molar refractivity (Wildman–Crippen MR) is 120 cm³/mol. The predicted octanol–water partition coefficient (Wildman–Crippen LogP) is 2.73. The molecule has 0 aliphatic carbocycles. The minimum absolute atomic E-state index is 0.0801. The van der Waals surface area contributed by atoms with Crippen molar-refractivity contribution in [3.63, 3.8) is 0 Å². The number of Topliss-reactive ketones (excluding diaryl/α,β-unsaturated/α-hetero) is 1. The van der Waals surface area contributed by atoms with Crippen LogP contribution in [-0.4, -0.2) is 45.4 Å². The Morgan fingerprint density at radius 3 is 2.48 bits per heavy atom. The van der Waals surface area contributed by atoms with E-state index in [1.807, 2.05) is 6.92 Å². The number of carbonyl (C=O) groups excluding carboxylic acids is 3. The van der Waals surface area contributed by atoms with Gasteiger partial charge in [0.15, 0.2) is 5.78 Å². The molecule has 1 fully saturated rings. The molecule has 8 nitrogen and oxygen atoms in total. The molecular weight excluding hydrogens is 418 g/mol. The van der Waals surface area contributed by atoms with E-state index in [1.54, 1.807) is 35.2 Å². The fourth-order valence-corrected chi connectivity index (χ4v) is 4.40. The molecule has 2 aromatic carbocycles. The van der Waals surface area contributed by atoms with E-state index in [9.17, 15) is 22.8 Å². The minimum Gasteiger partial charge on any atom is -0.325 e. The van der Waals surface area contributed by atoms with Gasteiger partial charge < -0.3 is 10.2 Å². The number of carbonyl (C=O) groups is 3. The fraction of sp³-hybridized carbons (Fsp3) is 0.318. The highest BCUT2D eigenvalue weighted by molar-refractivity contribution is 7.92. The topological polar surface area (TPSA) is 104 Å². The van der Waals surface area contributed by atoms with Gasteiger partial charge in [0.2, 0.25) is 21.8 Å². The van der Waals surface area contributed by atoms with Gasteiger partial charge in [-0.25, -0.2) is 8.42 Å².